The molecule has 32 heavy (non-hydrogen) atoms. The maximum atomic E-state index is 14.0. The van der Waals surface area contributed by atoms with Crippen molar-refractivity contribution in [3.05, 3.63) is 60.2 Å². The fourth-order valence-corrected chi connectivity index (χ4v) is 4.74. The molecule has 4 N–H and O–H groups in total. The topological polar surface area (TPSA) is 127 Å². The van der Waals surface area contributed by atoms with Gasteiger partial charge in [0.2, 0.25) is 10.0 Å². The van der Waals surface area contributed by atoms with Crippen LogP contribution in [0.4, 0.5) is 4.39 Å². The van der Waals surface area contributed by atoms with Gasteiger partial charge in [-0.3, -0.25) is 0 Å². The minimum atomic E-state index is -3.81. The highest BCUT2D eigenvalue weighted by Gasteiger charge is 2.23. The highest BCUT2D eigenvalue weighted by Crippen LogP contribution is 2.31. The van der Waals surface area contributed by atoms with Gasteiger partial charge in [-0.15, -0.1) is 0 Å². The molecular weight excluding hydrogens is 435 g/mol. The zero-order chi connectivity index (χ0) is 23.7. The summed E-state index contributed by atoms with van der Waals surface area (Å²) in [6.07, 6.45) is 2.63. The van der Waals surface area contributed by atoms with Gasteiger partial charge < -0.3 is 15.4 Å². The summed E-state index contributed by atoms with van der Waals surface area (Å²) < 4.78 is 43.7. The van der Waals surface area contributed by atoms with Crippen molar-refractivity contribution in [2.24, 2.45) is 5.73 Å². The van der Waals surface area contributed by atoms with Crippen LogP contribution in [0.5, 0.6) is 0 Å². The molecule has 2 aromatic carbocycles. The van der Waals surface area contributed by atoms with Gasteiger partial charge in [0.25, 0.3) is 0 Å². The van der Waals surface area contributed by atoms with Crippen molar-refractivity contribution in [2.75, 3.05) is 6.54 Å². The quantitative estimate of drug-likeness (QED) is 0.496. The minimum absolute atomic E-state index is 0.0291. The number of aromatic carboxylic acids is 1. The first-order valence-corrected chi connectivity index (χ1v) is 11.3. The van der Waals surface area contributed by atoms with Crippen LogP contribution in [0, 0.1) is 0 Å². The van der Waals surface area contributed by atoms with Crippen molar-refractivity contribution in [2.45, 2.75) is 37.8 Å². The standard InChI is InChI=1S/C22H25FN4O4S/c1-22(2,3)26-32(30,31)17-6-4-5-14(9-17)18-10-15(21(28)29)11-19-20(18)25-13-27(19)12-16(23)7-8-24/h4-7,9-11,13,26H,8,12,24H2,1-3H3,(H,28,29)/b16-7-. The summed E-state index contributed by atoms with van der Waals surface area (Å²) in [4.78, 5) is 16.1. The van der Waals surface area contributed by atoms with Crippen LogP contribution in [0.2, 0.25) is 0 Å². The molecular formula is C22H25FN4O4S. The Kier molecular flexibility index (Phi) is 6.49. The average molecular weight is 461 g/mol. The highest BCUT2D eigenvalue weighted by molar-refractivity contribution is 7.89. The number of carboxylic acid groups (broad SMARTS) is 1. The number of fused-ring (bicyclic) bond motifs is 1. The number of carbonyl (C=O) groups is 1. The molecule has 170 valence electrons. The third kappa shape index (κ3) is 5.21. The van der Waals surface area contributed by atoms with Gasteiger partial charge in [-0.25, -0.2) is 27.3 Å². The molecule has 10 heteroatoms. The van der Waals surface area contributed by atoms with E-state index in [1.54, 1.807) is 32.9 Å². The molecule has 3 rings (SSSR count). The number of nitrogens with two attached hydrogens (primary N) is 1. The summed E-state index contributed by atoms with van der Waals surface area (Å²) in [6.45, 7) is 5.09. The van der Waals surface area contributed by atoms with Crippen LogP contribution in [0.25, 0.3) is 22.2 Å². The SMILES string of the molecule is CC(C)(C)NS(=O)(=O)c1cccc(-c2cc(C(=O)O)cc3c2ncn3C/C(F)=C/CN)c1. The molecule has 1 heterocycles. The first-order valence-electron chi connectivity index (χ1n) is 9.82. The summed E-state index contributed by atoms with van der Waals surface area (Å²) in [7, 11) is -3.81. The van der Waals surface area contributed by atoms with Crippen molar-refractivity contribution < 1.29 is 22.7 Å². The molecule has 0 saturated heterocycles. The molecule has 0 saturated carbocycles. The molecule has 0 radical (unpaired) electrons. The van der Waals surface area contributed by atoms with Crippen molar-refractivity contribution in [1.82, 2.24) is 14.3 Å². The molecule has 0 amide bonds. The summed E-state index contributed by atoms with van der Waals surface area (Å²) in [5.41, 5.74) is 6.37. The maximum absolute atomic E-state index is 14.0. The zero-order valence-corrected chi connectivity index (χ0v) is 18.8. The number of imidazole rings is 1. The predicted molar refractivity (Wildman–Crippen MR) is 120 cm³/mol. The number of hydrogen-bond donors (Lipinski definition) is 3. The Morgan fingerprint density at radius 1 is 1.28 bits per heavy atom. The lowest BCUT2D eigenvalue weighted by Crippen LogP contribution is -2.40. The fraction of sp³-hybridized carbons (Fsp3) is 0.273. The highest BCUT2D eigenvalue weighted by atomic mass is 32.2. The second-order valence-corrected chi connectivity index (χ2v) is 10.0. The number of carboxylic acids is 1. The molecule has 1 aromatic heterocycles. The van der Waals surface area contributed by atoms with E-state index in [9.17, 15) is 22.7 Å². The van der Waals surface area contributed by atoms with Crippen LogP contribution >= 0.6 is 0 Å². The van der Waals surface area contributed by atoms with Gasteiger partial charge in [-0.2, -0.15) is 0 Å². The van der Waals surface area contributed by atoms with Crippen LogP contribution in [-0.4, -0.2) is 41.1 Å². The second kappa shape index (κ2) is 8.81. The van der Waals surface area contributed by atoms with Gasteiger partial charge in [0, 0.05) is 17.6 Å². The molecule has 0 bridgehead atoms. The van der Waals surface area contributed by atoms with Gasteiger partial charge >= 0.3 is 5.97 Å². The third-order valence-corrected chi connectivity index (χ3v) is 6.28. The predicted octanol–water partition coefficient (Wildman–Crippen LogP) is 3.29. The number of rotatable bonds is 7. The molecule has 0 unspecified atom stereocenters. The Hall–Kier alpha value is -3.08. The molecule has 0 aliphatic heterocycles. The van der Waals surface area contributed by atoms with Crippen molar-refractivity contribution in [1.29, 1.82) is 0 Å². The lowest BCUT2D eigenvalue weighted by molar-refractivity contribution is 0.0697. The Labute approximate surface area is 185 Å². The van der Waals surface area contributed by atoms with Crippen LogP contribution in [0.15, 0.2) is 59.5 Å². The summed E-state index contributed by atoms with van der Waals surface area (Å²) >= 11 is 0. The summed E-state index contributed by atoms with van der Waals surface area (Å²) in [5, 5.41) is 9.58. The smallest absolute Gasteiger partial charge is 0.335 e. The van der Waals surface area contributed by atoms with Gasteiger partial charge in [-0.05, 0) is 56.7 Å². The Balaban J connectivity index is 2.18. The monoisotopic (exact) mass is 460 g/mol. The van der Waals surface area contributed by atoms with Gasteiger partial charge in [0.15, 0.2) is 0 Å². The summed E-state index contributed by atoms with van der Waals surface area (Å²) in [6, 6.07) is 9.00. The third-order valence-electron chi connectivity index (χ3n) is 4.53. The molecule has 0 aliphatic rings. The number of allylic oxidation sites excluding steroid dienone is 1. The van der Waals surface area contributed by atoms with Gasteiger partial charge in [-0.1, -0.05) is 12.1 Å². The number of nitrogens with zero attached hydrogens (tertiary/aromatic N) is 2. The second-order valence-electron chi connectivity index (χ2n) is 8.34. The van der Waals surface area contributed by atoms with Crippen molar-refractivity contribution in [3.8, 4) is 11.1 Å². The lowest BCUT2D eigenvalue weighted by atomic mass is 10.0. The number of nitrogens with one attached hydrogen (secondary N) is 1. The van der Waals surface area contributed by atoms with E-state index in [1.807, 2.05) is 0 Å². The number of halogens is 1. The van der Waals surface area contributed by atoms with Crippen LogP contribution in [-0.2, 0) is 16.6 Å². The number of hydrogen-bond acceptors (Lipinski definition) is 5. The normalized spacial score (nSPS) is 13.0. The zero-order valence-electron chi connectivity index (χ0n) is 18.0. The molecule has 0 fully saturated rings. The first kappa shape index (κ1) is 23.6. The van der Waals surface area contributed by atoms with E-state index >= 15 is 0 Å². The minimum Gasteiger partial charge on any atom is -0.478 e. The van der Waals surface area contributed by atoms with E-state index in [-0.39, 0.29) is 23.5 Å². The molecule has 0 spiro atoms. The van der Waals surface area contributed by atoms with Gasteiger partial charge in [0.05, 0.1) is 34.4 Å². The molecule has 0 atom stereocenters. The van der Waals surface area contributed by atoms with E-state index in [1.165, 1.54) is 41.2 Å². The maximum Gasteiger partial charge on any atom is 0.335 e. The fourth-order valence-electron chi connectivity index (χ4n) is 3.28. The molecule has 0 aliphatic carbocycles. The lowest BCUT2D eigenvalue weighted by Gasteiger charge is -2.20. The van der Waals surface area contributed by atoms with E-state index < -0.39 is 27.4 Å². The van der Waals surface area contributed by atoms with Crippen molar-refractivity contribution in [3.63, 3.8) is 0 Å². The first-order chi connectivity index (χ1) is 14.9. The van der Waals surface area contributed by atoms with E-state index in [4.69, 9.17) is 5.73 Å². The Morgan fingerprint density at radius 3 is 2.62 bits per heavy atom. The van der Waals surface area contributed by atoms with E-state index in [0.717, 1.165) is 0 Å². The van der Waals surface area contributed by atoms with Gasteiger partial charge in [0.1, 0.15) is 5.83 Å². The van der Waals surface area contributed by atoms with Crippen LogP contribution in [0.3, 0.4) is 0 Å². The largest absolute Gasteiger partial charge is 0.478 e. The Morgan fingerprint density at radius 2 is 2.00 bits per heavy atom. The Bertz CT molecular complexity index is 1310. The number of aromatic nitrogens is 2. The van der Waals surface area contributed by atoms with E-state index in [2.05, 4.69) is 9.71 Å². The number of sulfonamides is 1. The number of benzene rings is 2. The van der Waals surface area contributed by atoms with Crippen LogP contribution in [0.1, 0.15) is 31.1 Å². The molecule has 8 nitrogen and oxygen atoms in total. The molecule has 3 aromatic rings. The van der Waals surface area contributed by atoms with Crippen molar-refractivity contribution >= 4 is 27.0 Å². The van der Waals surface area contributed by atoms with E-state index in [0.29, 0.717) is 22.2 Å². The van der Waals surface area contributed by atoms with Crippen LogP contribution < -0.4 is 10.5 Å². The summed E-state index contributed by atoms with van der Waals surface area (Å²) in [5.74, 6) is -1.65. The average Bonchev–Trinajstić information content (AvgIpc) is 3.08.